The van der Waals surface area contributed by atoms with Crippen molar-refractivity contribution < 1.29 is 14.2 Å². The summed E-state index contributed by atoms with van der Waals surface area (Å²) in [5.41, 5.74) is 4.47. The van der Waals surface area contributed by atoms with Crippen LogP contribution in [-0.2, 0) is 14.2 Å². The summed E-state index contributed by atoms with van der Waals surface area (Å²) in [6, 6.07) is 34.7. The number of benzene rings is 4. The zero-order valence-electron chi connectivity index (χ0n) is 20.5. The van der Waals surface area contributed by atoms with Gasteiger partial charge < -0.3 is 14.2 Å². The van der Waals surface area contributed by atoms with Crippen molar-refractivity contribution in [2.45, 2.75) is 0 Å². The van der Waals surface area contributed by atoms with Gasteiger partial charge in [-0.3, -0.25) is 0 Å². The Balaban J connectivity index is 1.84. The number of methoxy groups -OCH3 is 3. The number of nitrogens with zero attached hydrogens (tertiary/aromatic N) is 3. The highest BCUT2D eigenvalue weighted by Gasteiger charge is 2.10. The highest BCUT2D eigenvalue weighted by atomic mass is 16.5. The lowest BCUT2D eigenvalue weighted by Crippen LogP contribution is -2.03. The second-order valence-electron chi connectivity index (χ2n) is 7.67. The molecule has 0 heterocycles. The molecule has 6 heteroatoms. The highest BCUT2D eigenvalue weighted by molar-refractivity contribution is 5.98. The van der Waals surface area contributed by atoms with Gasteiger partial charge in [-0.2, -0.15) is 0 Å². The molecule has 36 heavy (non-hydrogen) atoms. The third-order valence-corrected chi connectivity index (χ3v) is 5.22. The van der Waals surface area contributed by atoms with Gasteiger partial charge in [-0.25, -0.2) is 15.0 Å². The summed E-state index contributed by atoms with van der Waals surface area (Å²) in [4.78, 5) is 14.3. The fourth-order valence-corrected chi connectivity index (χ4v) is 3.55. The number of aliphatic imine (C=N–C) groups is 3. The Morgan fingerprint density at radius 1 is 0.417 bits per heavy atom. The molecule has 4 aromatic carbocycles. The molecule has 0 radical (unpaired) electrons. The molecule has 0 fully saturated rings. The summed E-state index contributed by atoms with van der Waals surface area (Å²) in [5, 5.41) is 0. The Kier molecular flexibility index (Phi) is 8.22. The van der Waals surface area contributed by atoms with Crippen LogP contribution in [0.3, 0.4) is 0 Å². The molecule has 0 amide bonds. The van der Waals surface area contributed by atoms with Crippen molar-refractivity contribution in [1.82, 2.24) is 0 Å². The lowest BCUT2D eigenvalue weighted by molar-refractivity contribution is 0.405. The topological polar surface area (TPSA) is 64.8 Å². The molecule has 6 nitrogen and oxygen atoms in total. The van der Waals surface area contributed by atoms with Gasteiger partial charge in [0.1, 0.15) is 0 Å². The predicted octanol–water partition coefficient (Wildman–Crippen LogP) is 6.86. The molecule has 0 atom stereocenters. The number of hydrogen-bond donors (Lipinski definition) is 0. The summed E-state index contributed by atoms with van der Waals surface area (Å²) >= 11 is 0. The molecule has 4 aromatic rings. The summed E-state index contributed by atoms with van der Waals surface area (Å²) in [7, 11) is 4.80. The molecule has 0 aliphatic heterocycles. The molecule has 0 bridgehead atoms. The number of hydrogen-bond acceptors (Lipinski definition) is 6. The normalized spacial score (nSPS) is 12.2. The maximum absolute atomic E-state index is 5.59. The van der Waals surface area contributed by atoms with Crippen LogP contribution in [0.4, 0.5) is 17.1 Å². The fourth-order valence-electron chi connectivity index (χ4n) is 3.55. The Bertz CT molecular complexity index is 1180. The molecule has 0 saturated heterocycles. The molecular formula is C30H27N3O3. The van der Waals surface area contributed by atoms with Gasteiger partial charge in [-0.1, -0.05) is 54.6 Å². The van der Waals surface area contributed by atoms with Gasteiger partial charge in [0, 0.05) is 16.7 Å². The van der Waals surface area contributed by atoms with E-state index in [4.69, 9.17) is 29.2 Å². The van der Waals surface area contributed by atoms with E-state index in [0.29, 0.717) is 34.8 Å². The van der Waals surface area contributed by atoms with E-state index in [1.54, 1.807) is 21.3 Å². The average Bonchev–Trinajstić information content (AvgIpc) is 2.94. The Morgan fingerprint density at radius 3 is 0.889 bits per heavy atom. The van der Waals surface area contributed by atoms with Gasteiger partial charge in [0.25, 0.3) is 0 Å². The van der Waals surface area contributed by atoms with E-state index in [0.717, 1.165) is 16.7 Å². The van der Waals surface area contributed by atoms with Crippen LogP contribution in [0.5, 0.6) is 0 Å². The molecule has 180 valence electrons. The van der Waals surface area contributed by atoms with Crippen molar-refractivity contribution in [3.05, 3.63) is 126 Å². The second kappa shape index (κ2) is 12.1. The lowest BCUT2D eigenvalue weighted by Gasteiger charge is -2.09. The molecule has 4 rings (SSSR count). The van der Waals surface area contributed by atoms with Gasteiger partial charge in [0.2, 0.25) is 17.7 Å². The van der Waals surface area contributed by atoms with Crippen LogP contribution >= 0.6 is 0 Å². The summed E-state index contributed by atoms with van der Waals surface area (Å²) in [6.07, 6.45) is 0. The largest absolute Gasteiger partial charge is 0.481 e. The first-order valence-electron chi connectivity index (χ1n) is 11.4. The van der Waals surface area contributed by atoms with Gasteiger partial charge >= 0.3 is 0 Å². The Morgan fingerprint density at radius 2 is 0.667 bits per heavy atom. The second-order valence-corrected chi connectivity index (χ2v) is 7.67. The van der Waals surface area contributed by atoms with Crippen molar-refractivity contribution in [3.63, 3.8) is 0 Å². The third kappa shape index (κ3) is 6.24. The molecule has 0 unspecified atom stereocenters. The van der Waals surface area contributed by atoms with E-state index in [2.05, 4.69) is 0 Å². The lowest BCUT2D eigenvalue weighted by atomic mass is 10.2. The van der Waals surface area contributed by atoms with Crippen molar-refractivity contribution in [2.75, 3.05) is 21.3 Å². The zero-order chi connectivity index (χ0) is 25.2. The van der Waals surface area contributed by atoms with E-state index in [1.165, 1.54) is 0 Å². The number of ether oxygens (including phenoxy) is 3. The van der Waals surface area contributed by atoms with Crippen molar-refractivity contribution in [2.24, 2.45) is 15.0 Å². The highest BCUT2D eigenvalue weighted by Crippen LogP contribution is 2.31. The van der Waals surface area contributed by atoms with Gasteiger partial charge in [0.15, 0.2) is 0 Å². The van der Waals surface area contributed by atoms with Crippen molar-refractivity contribution >= 4 is 34.8 Å². The minimum Gasteiger partial charge on any atom is -0.481 e. The van der Waals surface area contributed by atoms with Gasteiger partial charge in [0.05, 0.1) is 38.4 Å². The van der Waals surface area contributed by atoms with Gasteiger partial charge in [-0.05, 0) is 54.6 Å². The molecule has 0 aromatic heterocycles. The molecule has 0 N–H and O–H groups in total. The smallest absolute Gasteiger partial charge is 0.220 e. The average molecular weight is 478 g/mol. The first kappa shape index (κ1) is 24.4. The minimum absolute atomic E-state index is 0.483. The van der Waals surface area contributed by atoms with Crippen LogP contribution in [0.25, 0.3) is 0 Å². The van der Waals surface area contributed by atoms with E-state index in [-0.39, 0.29) is 0 Å². The SMILES string of the molecule is COC(=Nc1cc(N=C(OC)c2ccccc2)cc(N=C(OC)c2ccccc2)c1)c1ccccc1. The van der Waals surface area contributed by atoms with Crippen LogP contribution in [-0.4, -0.2) is 39.0 Å². The van der Waals surface area contributed by atoms with E-state index >= 15 is 0 Å². The first-order chi connectivity index (χ1) is 17.7. The third-order valence-electron chi connectivity index (χ3n) is 5.22. The summed E-state index contributed by atoms with van der Waals surface area (Å²) in [6.45, 7) is 0. The van der Waals surface area contributed by atoms with E-state index in [1.807, 2.05) is 109 Å². The Labute approximate surface area is 211 Å². The summed E-state index contributed by atoms with van der Waals surface area (Å²) < 4.78 is 16.8. The Hall–Kier alpha value is -4.71. The minimum atomic E-state index is 0.483. The van der Waals surface area contributed by atoms with Crippen LogP contribution in [0.1, 0.15) is 16.7 Å². The maximum atomic E-state index is 5.59. The molecule has 0 saturated carbocycles. The number of rotatable bonds is 6. The summed E-state index contributed by atoms with van der Waals surface area (Å²) in [5.74, 6) is 1.45. The first-order valence-corrected chi connectivity index (χ1v) is 11.4. The van der Waals surface area contributed by atoms with Gasteiger partial charge in [-0.15, -0.1) is 0 Å². The molecular weight excluding hydrogens is 450 g/mol. The van der Waals surface area contributed by atoms with Crippen molar-refractivity contribution in [1.29, 1.82) is 0 Å². The van der Waals surface area contributed by atoms with E-state index < -0.39 is 0 Å². The standard InChI is InChI=1S/C30H27N3O3/c1-34-28(22-13-7-4-8-14-22)31-25-19-26(32-29(35-2)23-15-9-5-10-16-23)21-27(20-25)33-30(36-3)24-17-11-6-12-18-24/h4-21H,1-3H3. The van der Waals surface area contributed by atoms with Crippen LogP contribution in [0.15, 0.2) is 124 Å². The molecule has 0 spiro atoms. The van der Waals surface area contributed by atoms with Crippen LogP contribution in [0.2, 0.25) is 0 Å². The van der Waals surface area contributed by atoms with Crippen molar-refractivity contribution in [3.8, 4) is 0 Å². The molecule has 0 aliphatic carbocycles. The quantitative estimate of drug-likeness (QED) is 0.225. The molecule has 0 aliphatic rings. The monoisotopic (exact) mass is 477 g/mol. The fraction of sp³-hybridized carbons (Fsp3) is 0.100. The predicted molar refractivity (Wildman–Crippen MR) is 145 cm³/mol. The van der Waals surface area contributed by atoms with E-state index in [9.17, 15) is 0 Å². The maximum Gasteiger partial charge on any atom is 0.220 e. The van der Waals surface area contributed by atoms with Crippen LogP contribution in [0, 0.1) is 0 Å². The zero-order valence-corrected chi connectivity index (χ0v) is 20.5. The van der Waals surface area contributed by atoms with Crippen LogP contribution < -0.4 is 0 Å².